The van der Waals surface area contributed by atoms with Crippen LogP contribution in [-0.4, -0.2) is 19.3 Å². The molecule has 2 rings (SSSR count). The molecule has 0 aromatic carbocycles. The molecule has 4 nitrogen and oxygen atoms in total. The van der Waals surface area contributed by atoms with Crippen LogP contribution in [-0.2, 0) is 20.0 Å². The topological polar surface area (TPSA) is 63.1 Å². The van der Waals surface area contributed by atoms with Gasteiger partial charge in [0.2, 0.25) is 9.23 Å². The van der Waals surface area contributed by atoms with E-state index in [1.54, 1.807) is 6.92 Å². The molecule has 0 saturated carbocycles. The summed E-state index contributed by atoms with van der Waals surface area (Å²) in [6.07, 6.45) is 1.75. The van der Waals surface area contributed by atoms with Crippen LogP contribution in [0.4, 0.5) is 17.6 Å². The Morgan fingerprint density at radius 2 is 1.22 bits per heavy atom. The maximum absolute atomic E-state index is 12.5. The molecular weight excluding hydrogens is 562 g/mol. The summed E-state index contributed by atoms with van der Waals surface area (Å²) in [6.45, 7) is 3.26. The third-order valence-electron chi connectivity index (χ3n) is 3.10. The Balaban J connectivity index is -0.000000203. The average Bonchev–Trinajstić information content (AvgIpc) is 2.60. The van der Waals surface area contributed by atoms with Gasteiger partial charge in [0.1, 0.15) is 11.4 Å². The fourth-order valence-electron chi connectivity index (χ4n) is 1.63. The number of aliphatic hydroxyl groups is 1. The minimum Gasteiger partial charge on any atom is -0.389 e. The molecule has 0 fully saturated rings. The molecule has 0 aliphatic rings. The van der Waals surface area contributed by atoms with Crippen LogP contribution < -0.4 is 0 Å². The molecule has 14 heteroatoms. The van der Waals surface area contributed by atoms with Gasteiger partial charge in [-0.2, -0.15) is 17.6 Å². The standard InChI is InChI=1S/C8H7Cl2F2N.C8H8ClF2NO.2CH4.Cl2OS.H2/c1-5(9)6-2-3-7(13-4-6)8(10,11)12;1-5(13)6-2-3-7(12-4-6)8(9,10)11;;;1-4(2)3;/h2-5H,1H3;2-5,13H,1H3;2*1H4;;1H/i;;;;;1+1. The van der Waals surface area contributed by atoms with E-state index in [0.717, 1.165) is 6.07 Å². The maximum atomic E-state index is 12.5. The molecule has 2 aromatic rings. The lowest BCUT2D eigenvalue weighted by atomic mass is 10.2. The van der Waals surface area contributed by atoms with Crippen molar-refractivity contribution in [3.05, 3.63) is 59.2 Å². The largest absolute Gasteiger partial charge is 0.389 e. The molecular formula is C18H25Cl5F4N2O2S. The van der Waals surface area contributed by atoms with Crippen molar-refractivity contribution in [3.8, 4) is 0 Å². The zero-order chi connectivity index (χ0) is 23.7. The van der Waals surface area contributed by atoms with Gasteiger partial charge in [0, 0.05) is 35.2 Å². The van der Waals surface area contributed by atoms with Crippen molar-refractivity contribution in [3.63, 3.8) is 0 Å². The third-order valence-corrected chi connectivity index (χ3v) is 3.73. The molecule has 2 atom stereocenters. The number of alkyl halides is 7. The van der Waals surface area contributed by atoms with Gasteiger partial charge in [-0.1, -0.05) is 27.0 Å². The van der Waals surface area contributed by atoms with Crippen LogP contribution in [0.3, 0.4) is 0 Å². The second kappa shape index (κ2) is 16.2. The van der Waals surface area contributed by atoms with Crippen LogP contribution in [0.25, 0.3) is 0 Å². The minimum absolute atomic E-state index is 0. The number of hydrogen-bond acceptors (Lipinski definition) is 4. The summed E-state index contributed by atoms with van der Waals surface area (Å²) in [5.41, 5.74) is 0.185. The van der Waals surface area contributed by atoms with Crippen molar-refractivity contribution >= 4 is 65.4 Å². The number of rotatable bonds is 4. The highest BCUT2D eigenvalue weighted by Crippen LogP contribution is 2.32. The number of halogens is 9. The van der Waals surface area contributed by atoms with Gasteiger partial charge in [-0.25, -0.2) is 4.21 Å². The summed E-state index contributed by atoms with van der Waals surface area (Å²) >= 11 is 15.2. The monoisotopic (exact) mass is 585 g/mol. The van der Waals surface area contributed by atoms with E-state index >= 15 is 0 Å². The van der Waals surface area contributed by atoms with Crippen LogP contribution in [0.1, 0.15) is 64.1 Å². The number of aromatic nitrogens is 2. The van der Waals surface area contributed by atoms with E-state index in [9.17, 15) is 17.6 Å². The molecule has 1 N–H and O–H groups in total. The van der Waals surface area contributed by atoms with Crippen LogP contribution in [0.2, 0.25) is 0 Å². The summed E-state index contributed by atoms with van der Waals surface area (Å²) in [4.78, 5) is 6.93. The number of aliphatic hydroxyl groups excluding tert-OH is 1. The zero-order valence-electron chi connectivity index (χ0n) is 15.2. The summed E-state index contributed by atoms with van der Waals surface area (Å²) in [5.74, 6) is 0. The molecule has 0 spiro atoms. The van der Waals surface area contributed by atoms with Crippen LogP contribution >= 0.6 is 56.2 Å². The van der Waals surface area contributed by atoms with E-state index in [4.69, 9.17) is 44.1 Å². The SMILES string of the molecule is C.C.CC(Cl)c1ccc(C(F)(F)Cl)nc1.CC(O)c1ccc(C(F)(F)Cl)nc1.O=S(Cl)Cl.[2HH]. The van der Waals surface area contributed by atoms with Crippen molar-refractivity contribution < 1.29 is 28.3 Å². The molecule has 2 heterocycles. The molecule has 0 bridgehead atoms. The fraction of sp³-hybridized carbons (Fsp3) is 0.444. The highest BCUT2D eigenvalue weighted by molar-refractivity contribution is 8.26. The smallest absolute Gasteiger partial charge is 0.364 e. The second-order valence-corrected chi connectivity index (χ2v) is 9.55. The lowest BCUT2D eigenvalue weighted by Gasteiger charge is -2.08. The minimum atomic E-state index is -3.45. The van der Waals surface area contributed by atoms with Crippen molar-refractivity contribution in [2.24, 2.45) is 0 Å². The first-order valence-corrected chi connectivity index (χ1v) is 11.7. The molecule has 32 heavy (non-hydrogen) atoms. The Labute approximate surface area is 213 Å². The Morgan fingerprint density at radius 3 is 1.41 bits per heavy atom. The van der Waals surface area contributed by atoms with Gasteiger partial charge < -0.3 is 5.11 Å². The molecule has 188 valence electrons. The maximum Gasteiger partial charge on any atom is 0.364 e. The second-order valence-electron chi connectivity index (χ2n) is 5.43. The molecule has 0 aliphatic carbocycles. The van der Waals surface area contributed by atoms with E-state index in [1.807, 2.05) is 0 Å². The lowest BCUT2D eigenvalue weighted by molar-refractivity contribution is 0.0893. The first-order valence-electron chi connectivity index (χ1n) is 7.68. The predicted molar refractivity (Wildman–Crippen MR) is 128 cm³/mol. The van der Waals surface area contributed by atoms with Crippen molar-refractivity contribution in [1.29, 1.82) is 0 Å². The quantitative estimate of drug-likeness (QED) is 0.221. The average molecular weight is 588 g/mol. The molecule has 0 radical (unpaired) electrons. The highest BCUT2D eigenvalue weighted by Gasteiger charge is 2.30. The summed E-state index contributed by atoms with van der Waals surface area (Å²) < 4.78 is 58.9. The number of hydrogen-bond donors (Lipinski definition) is 1. The van der Waals surface area contributed by atoms with Gasteiger partial charge in [0.05, 0.1) is 11.5 Å². The van der Waals surface area contributed by atoms with Gasteiger partial charge in [0.15, 0.2) is 0 Å². The normalized spacial score (nSPS) is 12.7. The third kappa shape index (κ3) is 15.4. The molecule has 0 amide bonds. The van der Waals surface area contributed by atoms with Gasteiger partial charge in [-0.15, -0.1) is 11.6 Å². The number of nitrogens with zero attached hydrogens (tertiary/aromatic N) is 2. The first-order chi connectivity index (χ1) is 13.6. The molecule has 2 aromatic heterocycles. The van der Waals surface area contributed by atoms with Crippen LogP contribution in [0.5, 0.6) is 0 Å². The Bertz CT molecular complexity index is 729. The van der Waals surface area contributed by atoms with Gasteiger partial charge in [0.25, 0.3) is 0 Å². The van der Waals surface area contributed by atoms with E-state index in [0.29, 0.717) is 11.1 Å². The van der Waals surface area contributed by atoms with Crippen molar-refractivity contribution in [2.45, 2.75) is 50.9 Å². The highest BCUT2D eigenvalue weighted by atomic mass is 36.0. The van der Waals surface area contributed by atoms with Crippen LogP contribution in [0.15, 0.2) is 36.7 Å². The van der Waals surface area contributed by atoms with Crippen LogP contribution in [0, 0.1) is 0 Å². The summed E-state index contributed by atoms with van der Waals surface area (Å²) in [5, 5.41) is 1.96. The first kappa shape index (κ1) is 36.2. The fourth-order valence-corrected chi connectivity index (χ4v) is 1.98. The number of pyridine rings is 2. The summed E-state index contributed by atoms with van der Waals surface area (Å²) in [6, 6.07) is 5.11. The molecule has 0 saturated heterocycles. The zero-order valence-corrected chi connectivity index (χ0v) is 19.8. The van der Waals surface area contributed by atoms with Gasteiger partial charge in [-0.3, -0.25) is 9.97 Å². The van der Waals surface area contributed by atoms with E-state index < -0.39 is 37.5 Å². The Kier molecular flexibility index (Phi) is 18.4. The Hall–Kier alpha value is -0.420. The van der Waals surface area contributed by atoms with Crippen molar-refractivity contribution in [2.75, 3.05) is 0 Å². The van der Waals surface area contributed by atoms with E-state index in [2.05, 4.69) is 31.3 Å². The predicted octanol–water partition coefficient (Wildman–Crippen LogP) is 8.65. The van der Waals surface area contributed by atoms with Gasteiger partial charge >= 0.3 is 10.8 Å². The van der Waals surface area contributed by atoms with Crippen molar-refractivity contribution in [1.82, 2.24) is 9.97 Å². The Morgan fingerprint density at radius 1 is 0.906 bits per heavy atom. The molecule has 0 aliphatic heterocycles. The van der Waals surface area contributed by atoms with E-state index in [1.165, 1.54) is 37.5 Å². The van der Waals surface area contributed by atoms with Gasteiger partial charge in [-0.05, 0) is 60.3 Å². The van der Waals surface area contributed by atoms with E-state index in [-0.39, 0.29) is 21.7 Å². The lowest BCUT2D eigenvalue weighted by Crippen LogP contribution is -2.06. The molecule has 2 unspecified atom stereocenters. The summed E-state index contributed by atoms with van der Waals surface area (Å²) in [7, 11) is 7.36.